The van der Waals surface area contributed by atoms with Crippen molar-refractivity contribution in [1.82, 2.24) is 5.32 Å². The van der Waals surface area contributed by atoms with Gasteiger partial charge in [0.2, 0.25) is 5.91 Å². The molecule has 0 aromatic heterocycles. The Balaban J connectivity index is 1.83. The first-order valence-electron chi connectivity index (χ1n) is 9.23. The van der Waals surface area contributed by atoms with Gasteiger partial charge in [0.15, 0.2) is 0 Å². The fourth-order valence-corrected chi connectivity index (χ4v) is 3.63. The quantitative estimate of drug-likeness (QED) is 0.771. The zero-order chi connectivity index (χ0) is 18.2. The molecule has 0 saturated heterocycles. The van der Waals surface area contributed by atoms with Gasteiger partial charge in [-0.3, -0.25) is 9.59 Å². The van der Waals surface area contributed by atoms with E-state index in [2.05, 4.69) is 36.2 Å². The van der Waals surface area contributed by atoms with Crippen molar-refractivity contribution >= 4 is 17.6 Å². The Hall–Kier alpha value is -2.04. The second-order valence-electron chi connectivity index (χ2n) is 6.74. The number of benzene rings is 1. The monoisotopic (exact) mass is 346 g/mol. The van der Waals surface area contributed by atoms with Crippen molar-refractivity contribution in [3.63, 3.8) is 0 Å². The number of carbonyl (C=O) groups excluding carboxylic acids is 2. The summed E-state index contributed by atoms with van der Waals surface area (Å²) in [6.45, 7) is 6.51. The molecule has 1 aliphatic rings. The lowest BCUT2D eigenvalue weighted by molar-refractivity contribution is -0.147. The number of nitrogens with zero attached hydrogens (tertiary/aromatic N) is 1. The van der Waals surface area contributed by atoms with E-state index in [1.807, 2.05) is 12.1 Å². The van der Waals surface area contributed by atoms with Gasteiger partial charge in [0.25, 0.3) is 0 Å². The molecule has 5 nitrogen and oxygen atoms in total. The van der Waals surface area contributed by atoms with Gasteiger partial charge in [0, 0.05) is 31.2 Å². The van der Waals surface area contributed by atoms with Gasteiger partial charge in [-0.2, -0.15) is 0 Å². The van der Waals surface area contributed by atoms with Crippen molar-refractivity contribution in [2.75, 3.05) is 31.6 Å². The normalized spacial score (nSPS) is 20.0. The first kappa shape index (κ1) is 19.3. The average Bonchev–Trinajstić information content (AvgIpc) is 2.65. The van der Waals surface area contributed by atoms with Crippen LogP contribution < -0.4 is 10.2 Å². The molecule has 0 radical (unpaired) electrons. The van der Waals surface area contributed by atoms with Crippen LogP contribution >= 0.6 is 0 Å². The van der Waals surface area contributed by atoms with Crippen molar-refractivity contribution in [3.8, 4) is 0 Å². The highest BCUT2D eigenvalue weighted by molar-refractivity contribution is 5.80. The minimum Gasteiger partial charge on any atom is -0.469 e. The second kappa shape index (κ2) is 9.44. The Morgan fingerprint density at radius 3 is 2.64 bits per heavy atom. The molecule has 1 aliphatic carbocycles. The molecule has 1 saturated carbocycles. The molecule has 1 aromatic carbocycles. The van der Waals surface area contributed by atoms with Crippen LogP contribution in [0.25, 0.3) is 0 Å². The van der Waals surface area contributed by atoms with Gasteiger partial charge in [-0.15, -0.1) is 0 Å². The standard InChI is InChI=1S/C20H30N2O3/c1-4-22(18-11-6-5-8-15(18)2)13-12-21-19(23)16-9-7-10-17(14-16)20(24)25-3/h5-6,8,11,16-17H,4,7,9-10,12-14H2,1-3H3,(H,21,23). The number of hydrogen-bond acceptors (Lipinski definition) is 4. The van der Waals surface area contributed by atoms with Gasteiger partial charge in [-0.1, -0.05) is 24.6 Å². The van der Waals surface area contributed by atoms with E-state index in [0.717, 1.165) is 32.4 Å². The lowest BCUT2D eigenvalue weighted by atomic mass is 9.81. The predicted molar refractivity (Wildman–Crippen MR) is 99.5 cm³/mol. The highest BCUT2D eigenvalue weighted by Crippen LogP contribution is 2.30. The molecule has 1 amide bonds. The lowest BCUT2D eigenvalue weighted by Gasteiger charge is -2.28. The van der Waals surface area contributed by atoms with Gasteiger partial charge in [0.05, 0.1) is 13.0 Å². The summed E-state index contributed by atoms with van der Waals surface area (Å²) >= 11 is 0. The molecule has 0 heterocycles. The van der Waals surface area contributed by atoms with Crippen LogP contribution in [-0.2, 0) is 14.3 Å². The maximum atomic E-state index is 12.4. The number of methoxy groups -OCH3 is 1. The lowest BCUT2D eigenvalue weighted by Crippen LogP contribution is -2.40. The van der Waals surface area contributed by atoms with Gasteiger partial charge < -0.3 is 15.0 Å². The van der Waals surface area contributed by atoms with E-state index in [4.69, 9.17) is 4.74 Å². The molecule has 0 bridgehead atoms. The van der Waals surface area contributed by atoms with Crippen LogP contribution in [0.3, 0.4) is 0 Å². The molecule has 1 N–H and O–H groups in total. The summed E-state index contributed by atoms with van der Waals surface area (Å²) in [5.41, 5.74) is 2.45. The predicted octanol–water partition coefficient (Wildman–Crippen LogP) is 2.92. The molecule has 1 aromatic rings. The van der Waals surface area contributed by atoms with E-state index in [0.29, 0.717) is 13.0 Å². The van der Waals surface area contributed by atoms with Crippen LogP contribution in [0.15, 0.2) is 24.3 Å². The number of hydrogen-bond donors (Lipinski definition) is 1. The number of para-hydroxylation sites is 1. The number of ether oxygens (including phenoxy) is 1. The Kier molecular flexibility index (Phi) is 7.29. The molecule has 5 heteroatoms. The first-order chi connectivity index (χ1) is 12.1. The summed E-state index contributed by atoms with van der Waals surface area (Å²) in [5.74, 6) is -0.330. The van der Waals surface area contributed by atoms with Crippen molar-refractivity contribution in [2.45, 2.75) is 39.5 Å². The van der Waals surface area contributed by atoms with Crippen molar-refractivity contribution in [1.29, 1.82) is 0 Å². The highest BCUT2D eigenvalue weighted by Gasteiger charge is 2.31. The topological polar surface area (TPSA) is 58.6 Å². The number of likely N-dealkylation sites (N-methyl/N-ethyl adjacent to an activating group) is 1. The fraction of sp³-hybridized carbons (Fsp3) is 0.600. The maximum Gasteiger partial charge on any atom is 0.308 e. The van der Waals surface area contributed by atoms with Crippen LogP contribution in [0.2, 0.25) is 0 Å². The fourth-order valence-electron chi connectivity index (χ4n) is 3.63. The Labute approximate surface area is 150 Å². The summed E-state index contributed by atoms with van der Waals surface area (Å²) in [5, 5.41) is 3.05. The Morgan fingerprint density at radius 2 is 1.96 bits per heavy atom. The Bertz CT molecular complexity index is 588. The Morgan fingerprint density at radius 1 is 1.24 bits per heavy atom. The number of aryl methyl sites for hydroxylation is 1. The van der Waals surface area contributed by atoms with E-state index in [9.17, 15) is 9.59 Å². The van der Waals surface area contributed by atoms with E-state index in [-0.39, 0.29) is 23.7 Å². The van der Waals surface area contributed by atoms with E-state index >= 15 is 0 Å². The molecule has 2 rings (SSSR count). The zero-order valence-electron chi connectivity index (χ0n) is 15.6. The molecule has 2 atom stereocenters. The van der Waals surface area contributed by atoms with Crippen LogP contribution in [-0.4, -0.2) is 38.6 Å². The average molecular weight is 346 g/mol. The van der Waals surface area contributed by atoms with Crippen molar-refractivity contribution < 1.29 is 14.3 Å². The molecule has 2 unspecified atom stereocenters. The molecule has 0 spiro atoms. The first-order valence-corrected chi connectivity index (χ1v) is 9.23. The number of carbonyl (C=O) groups is 2. The molecule has 1 fully saturated rings. The van der Waals surface area contributed by atoms with Gasteiger partial charge in [-0.05, 0) is 44.7 Å². The van der Waals surface area contributed by atoms with E-state index in [1.165, 1.54) is 18.4 Å². The molecule has 0 aliphatic heterocycles. The maximum absolute atomic E-state index is 12.4. The van der Waals surface area contributed by atoms with Crippen molar-refractivity contribution in [2.24, 2.45) is 11.8 Å². The van der Waals surface area contributed by atoms with E-state index in [1.54, 1.807) is 0 Å². The van der Waals surface area contributed by atoms with Gasteiger partial charge >= 0.3 is 5.97 Å². The SMILES string of the molecule is CCN(CCNC(=O)C1CCCC(C(=O)OC)C1)c1ccccc1C. The summed E-state index contributed by atoms with van der Waals surface area (Å²) < 4.78 is 4.83. The number of rotatable bonds is 7. The minimum absolute atomic E-state index is 0.0643. The van der Waals surface area contributed by atoms with Gasteiger partial charge in [0.1, 0.15) is 0 Å². The number of anilines is 1. The summed E-state index contributed by atoms with van der Waals surface area (Å²) in [6.07, 6.45) is 3.19. The highest BCUT2D eigenvalue weighted by atomic mass is 16.5. The summed E-state index contributed by atoms with van der Waals surface area (Å²) in [7, 11) is 1.41. The number of amides is 1. The molecule has 25 heavy (non-hydrogen) atoms. The molecule has 138 valence electrons. The van der Waals surface area contributed by atoms with Crippen molar-refractivity contribution in [3.05, 3.63) is 29.8 Å². The minimum atomic E-state index is -0.186. The van der Waals surface area contributed by atoms with E-state index < -0.39 is 0 Å². The molecular formula is C20H30N2O3. The van der Waals surface area contributed by atoms with Crippen LogP contribution in [0, 0.1) is 18.8 Å². The smallest absolute Gasteiger partial charge is 0.308 e. The van der Waals surface area contributed by atoms with Crippen LogP contribution in [0.1, 0.15) is 38.2 Å². The third kappa shape index (κ3) is 5.21. The number of esters is 1. The third-order valence-electron chi connectivity index (χ3n) is 5.10. The van der Waals surface area contributed by atoms with Crippen LogP contribution in [0.5, 0.6) is 0 Å². The zero-order valence-corrected chi connectivity index (χ0v) is 15.6. The number of nitrogens with one attached hydrogen (secondary N) is 1. The van der Waals surface area contributed by atoms with Crippen LogP contribution in [0.4, 0.5) is 5.69 Å². The second-order valence-corrected chi connectivity index (χ2v) is 6.74. The third-order valence-corrected chi connectivity index (χ3v) is 5.10. The molecular weight excluding hydrogens is 316 g/mol. The summed E-state index contributed by atoms with van der Waals surface area (Å²) in [4.78, 5) is 26.4. The van der Waals surface area contributed by atoms with Gasteiger partial charge in [-0.25, -0.2) is 0 Å². The largest absolute Gasteiger partial charge is 0.469 e. The summed E-state index contributed by atoms with van der Waals surface area (Å²) in [6, 6.07) is 8.29.